The van der Waals surface area contributed by atoms with E-state index < -0.39 is 0 Å². The molecule has 0 bridgehead atoms. The molecule has 10 heteroatoms. The number of rotatable bonds is 8. The molecule has 1 aliphatic rings. The van der Waals surface area contributed by atoms with Gasteiger partial charge in [-0.2, -0.15) is 0 Å². The summed E-state index contributed by atoms with van der Waals surface area (Å²) in [4.78, 5) is 29.6. The third kappa shape index (κ3) is 4.94. The van der Waals surface area contributed by atoms with Crippen molar-refractivity contribution in [3.63, 3.8) is 0 Å². The number of hydrogen-bond donors (Lipinski definition) is 2. The molecule has 0 atom stereocenters. The van der Waals surface area contributed by atoms with E-state index in [-0.39, 0.29) is 24.1 Å². The van der Waals surface area contributed by atoms with Crippen LogP contribution in [-0.2, 0) is 30.7 Å². The lowest BCUT2D eigenvalue weighted by Crippen LogP contribution is -2.25. The number of aryl methyl sites for hydroxylation is 2. The quantitative estimate of drug-likeness (QED) is 0.370. The lowest BCUT2D eigenvalue weighted by Gasteiger charge is -2.09. The molecule has 0 spiro atoms. The van der Waals surface area contributed by atoms with Crippen LogP contribution in [0.3, 0.4) is 0 Å². The number of anilines is 1. The molecule has 2 amide bonds. The second kappa shape index (κ2) is 10.2. The first-order valence-corrected chi connectivity index (χ1v) is 11.7. The molecule has 0 unspecified atom stereocenters. The molecule has 5 rings (SSSR count). The highest BCUT2D eigenvalue weighted by molar-refractivity contribution is 6.02. The summed E-state index contributed by atoms with van der Waals surface area (Å²) >= 11 is 0. The Morgan fingerprint density at radius 2 is 1.83 bits per heavy atom. The standard InChI is InChI=1S/C26H26N4O6/c1-15-20(13-27-25(32)23-19-5-3-4-6-21(19)36-30-23)29-26(34-15)16-7-9-17(10-8-16)28-24(31)22-12-11-18(35-22)14-33-2/h7-12H,3-6,13-14H2,1-2H3,(H,27,32)(H,28,31). The average molecular weight is 491 g/mol. The topological polar surface area (TPSA) is 133 Å². The van der Waals surface area contributed by atoms with Gasteiger partial charge in [-0.3, -0.25) is 9.59 Å². The van der Waals surface area contributed by atoms with E-state index in [1.165, 1.54) is 0 Å². The molecule has 2 N–H and O–H groups in total. The number of carbonyl (C=O) groups is 2. The third-order valence-corrected chi connectivity index (χ3v) is 6.04. The van der Waals surface area contributed by atoms with Crippen LogP contribution >= 0.6 is 0 Å². The summed E-state index contributed by atoms with van der Waals surface area (Å²) < 4.78 is 21.6. The number of oxazole rings is 1. The van der Waals surface area contributed by atoms with Crippen molar-refractivity contribution in [3.05, 3.63) is 76.4 Å². The fourth-order valence-corrected chi connectivity index (χ4v) is 4.14. The van der Waals surface area contributed by atoms with Crippen molar-refractivity contribution in [2.24, 2.45) is 0 Å². The summed E-state index contributed by atoms with van der Waals surface area (Å²) in [5.41, 5.74) is 3.22. The van der Waals surface area contributed by atoms with Gasteiger partial charge in [-0.1, -0.05) is 5.16 Å². The van der Waals surface area contributed by atoms with E-state index in [2.05, 4.69) is 20.8 Å². The SMILES string of the molecule is COCc1ccc(C(=O)Nc2ccc(-c3nc(CNC(=O)c4noc5c4CCCC5)c(C)o3)cc2)o1. The van der Waals surface area contributed by atoms with Gasteiger partial charge in [-0.25, -0.2) is 4.98 Å². The van der Waals surface area contributed by atoms with Crippen molar-refractivity contribution in [1.82, 2.24) is 15.5 Å². The van der Waals surface area contributed by atoms with Crippen LogP contribution in [0.1, 0.15) is 62.4 Å². The molecule has 3 heterocycles. The molecule has 186 valence electrons. The molecule has 0 fully saturated rings. The summed E-state index contributed by atoms with van der Waals surface area (Å²) in [6.07, 6.45) is 3.71. The Labute approximate surface area is 207 Å². The number of carbonyl (C=O) groups excluding carboxylic acids is 2. The van der Waals surface area contributed by atoms with E-state index in [1.54, 1.807) is 50.4 Å². The Morgan fingerprint density at radius 1 is 1.03 bits per heavy atom. The van der Waals surface area contributed by atoms with Gasteiger partial charge in [-0.05, 0) is 62.6 Å². The van der Waals surface area contributed by atoms with Crippen LogP contribution in [0, 0.1) is 6.92 Å². The zero-order chi connectivity index (χ0) is 25.1. The molecular weight excluding hydrogens is 464 g/mol. The molecule has 0 radical (unpaired) electrons. The van der Waals surface area contributed by atoms with Gasteiger partial charge in [0.15, 0.2) is 11.5 Å². The maximum atomic E-state index is 12.7. The fraction of sp³-hybridized carbons (Fsp3) is 0.308. The zero-order valence-corrected chi connectivity index (χ0v) is 20.1. The minimum Gasteiger partial charge on any atom is -0.453 e. The molecule has 0 saturated carbocycles. The highest BCUT2D eigenvalue weighted by atomic mass is 16.5. The maximum absolute atomic E-state index is 12.7. The van der Waals surface area contributed by atoms with Gasteiger partial charge in [0.1, 0.15) is 29.6 Å². The molecule has 4 aromatic rings. The van der Waals surface area contributed by atoms with Crippen LogP contribution in [0.5, 0.6) is 0 Å². The summed E-state index contributed by atoms with van der Waals surface area (Å²) in [5.74, 6) is 1.97. The van der Waals surface area contributed by atoms with Gasteiger partial charge in [-0.15, -0.1) is 0 Å². The van der Waals surface area contributed by atoms with Crippen LogP contribution in [-0.4, -0.2) is 29.1 Å². The molecule has 1 aliphatic carbocycles. The van der Waals surface area contributed by atoms with Crippen molar-refractivity contribution in [3.8, 4) is 11.5 Å². The number of benzene rings is 1. The summed E-state index contributed by atoms with van der Waals surface area (Å²) in [7, 11) is 1.56. The summed E-state index contributed by atoms with van der Waals surface area (Å²) in [5, 5.41) is 9.63. The Bertz CT molecular complexity index is 1380. The number of fused-ring (bicyclic) bond motifs is 1. The number of nitrogens with one attached hydrogen (secondary N) is 2. The van der Waals surface area contributed by atoms with Crippen LogP contribution in [0.2, 0.25) is 0 Å². The molecule has 0 saturated heterocycles. The van der Waals surface area contributed by atoms with Crippen molar-refractivity contribution in [2.45, 2.75) is 45.8 Å². The first-order chi connectivity index (χ1) is 17.5. The first-order valence-electron chi connectivity index (χ1n) is 11.7. The Hall–Kier alpha value is -4.18. The third-order valence-electron chi connectivity index (χ3n) is 6.04. The van der Waals surface area contributed by atoms with Gasteiger partial charge >= 0.3 is 0 Å². The van der Waals surface area contributed by atoms with Crippen LogP contribution in [0.25, 0.3) is 11.5 Å². The number of aromatic nitrogens is 2. The molecule has 10 nitrogen and oxygen atoms in total. The Morgan fingerprint density at radius 3 is 2.64 bits per heavy atom. The second-order valence-corrected chi connectivity index (χ2v) is 8.58. The number of nitrogens with zero attached hydrogens (tertiary/aromatic N) is 2. The largest absolute Gasteiger partial charge is 0.453 e. The van der Waals surface area contributed by atoms with Crippen molar-refractivity contribution >= 4 is 17.5 Å². The van der Waals surface area contributed by atoms with Crippen molar-refractivity contribution in [2.75, 3.05) is 12.4 Å². The van der Waals surface area contributed by atoms with E-state index >= 15 is 0 Å². The minimum atomic E-state index is -0.358. The van der Waals surface area contributed by atoms with E-state index in [1.807, 2.05) is 0 Å². The fourth-order valence-electron chi connectivity index (χ4n) is 4.14. The summed E-state index contributed by atoms with van der Waals surface area (Å²) in [6, 6.07) is 10.4. The van der Waals surface area contributed by atoms with Gasteiger partial charge in [0.2, 0.25) is 5.89 Å². The van der Waals surface area contributed by atoms with Gasteiger partial charge in [0, 0.05) is 30.3 Å². The highest BCUT2D eigenvalue weighted by Crippen LogP contribution is 2.26. The zero-order valence-electron chi connectivity index (χ0n) is 20.1. The van der Waals surface area contributed by atoms with Crippen LogP contribution < -0.4 is 10.6 Å². The lowest BCUT2D eigenvalue weighted by molar-refractivity contribution is 0.0939. The van der Waals surface area contributed by atoms with E-state index in [9.17, 15) is 9.59 Å². The molecule has 3 aromatic heterocycles. The first kappa shape index (κ1) is 23.6. The Kier molecular flexibility index (Phi) is 6.68. The second-order valence-electron chi connectivity index (χ2n) is 8.58. The smallest absolute Gasteiger partial charge is 0.291 e. The number of furan rings is 1. The van der Waals surface area contributed by atoms with Gasteiger partial charge < -0.3 is 28.7 Å². The van der Waals surface area contributed by atoms with Crippen LogP contribution in [0.4, 0.5) is 5.69 Å². The normalized spacial score (nSPS) is 12.8. The highest BCUT2D eigenvalue weighted by Gasteiger charge is 2.24. The van der Waals surface area contributed by atoms with E-state index in [4.69, 9.17) is 18.1 Å². The minimum absolute atomic E-state index is 0.201. The van der Waals surface area contributed by atoms with Crippen molar-refractivity contribution in [1.29, 1.82) is 0 Å². The number of amides is 2. The van der Waals surface area contributed by atoms with Gasteiger partial charge in [0.05, 0.1) is 6.54 Å². The number of hydrogen-bond acceptors (Lipinski definition) is 8. The number of methoxy groups -OCH3 is 1. The molecular formula is C26H26N4O6. The van der Waals surface area contributed by atoms with Crippen LogP contribution in [0.15, 0.2) is 49.8 Å². The number of ether oxygens (including phenoxy) is 1. The molecule has 0 aliphatic heterocycles. The van der Waals surface area contributed by atoms with Gasteiger partial charge in [0.25, 0.3) is 11.8 Å². The molecule has 1 aromatic carbocycles. The predicted octanol–water partition coefficient (Wildman–Crippen LogP) is 4.44. The van der Waals surface area contributed by atoms with E-state index in [0.29, 0.717) is 41.1 Å². The predicted molar refractivity (Wildman–Crippen MR) is 128 cm³/mol. The maximum Gasteiger partial charge on any atom is 0.291 e. The lowest BCUT2D eigenvalue weighted by atomic mass is 9.96. The monoisotopic (exact) mass is 490 g/mol. The van der Waals surface area contributed by atoms with Crippen molar-refractivity contribution < 1.29 is 27.7 Å². The molecule has 36 heavy (non-hydrogen) atoms. The Balaban J connectivity index is 1.21. The average Bonchev–Trinajstić information content (AvgIpc) is 3.62. The van der Waals surface area contributed by atoms with E-state index in [0.717, 1.165) is 42.6 Å². The summed E-state index contributed by atoms with van der Waals surface area (Å²) in [6.45, 7) is 2.30.